The van der Waals surface area contributed by atoms with Crippen molar-refractivity contribution in [2.24, 2.45) is 7.05 Å². The second-order valence-corrected chi connectivity index (χ2v) is 8.85. The third-order valence-corrected chi connectivity index (χ3v) is 6.48. The van der Waals surface area contributed by atoms with E-state index < -0.39 is 21.9 Å². The van der Waals surface area contributed by atoms with E-state index in [9.17, 15) is 17.6 Å². The van der Waals surface area contributed by atoms with Crippen molar-refractivity contribution in [3.63, 3.8) is 0 Å². The number of ether oxygens (including phenoxy) is 1. The Bertz CT molecular complexity index is 881. The summed E-state index contributed by atoms with van der Waals surface area (Å²) in [7, 11) is -1.34. The highest BCUT2D eigenvalue weighted by Crippen LogP contribution is 2.23. The molecule has 0 amide bonds. The Morgan fingerprint density at radius 2 is 2.08 bits per heavy atom. The van der Waals surface area contributed by atoms with Gasteiger partial charge in [-0.1, -0.05) is 11.8 Å². The van der Waals surface area contributed by atoms with Gasteiger partial charge in [0.2, 0.25) is 0 Å². The third-order valence-electron chi connectivity index (χ3n) is 3.75. The Labute approximate surface area is 148 Å². The fourth-order valence-electron chi connectivity index (χ4n) is 2.49. The lowest BCUT2D eigenvalue weighted by Crippen LogP contribution is -2.20. The van der Waals surface area contributed by atoms with E-state index >= 15 is 0 Å². The molecule has 0 bridgehead atoms. The normalized spacial score (nSPS) is 19.0. The second-order valence-electron chi connectivity index (χ2n) is 5.68. The van der Waals surface area contributed by atoms with Gasteiger partial charge >= 0.3 is 5.97 Å². The number of hydrogen-bond acceptors (Lipinski definition) is 7. The quantitative estimate of drug-likeness (QED) is 0.568. The number of halogens is 1. The van der Waals surface area contributed by atoms with Crippen LogP contribution in [0.5, 0.6) is 0 Å². The van der Waals surface area contributed by atoms with Crippen molar-refractivity contribution in [2.45, 2.75) is 17.7 Å². The number of carbonyl (C=O) groups excluding carboxylic acids is 1. The summed E-state index contributed by atoms with van der Waals surface area (Å²) in [5.41, 5.74) is 0.710. The van der Waals surface area contributed by atoms with Gasteiger partial charge in [0, 0.05) is 12.6 Å². The summed E-state index contributed by atoms with van der Waals surface area (Å²) in [5, 5.41) is 8.58. The van der Waals surface area contributed by atoms with E-state index in [2.05, 4.69) is 10.2 Å². The van der Waals surface area contributed by atoms with Gasteiger partial charge in [-0.3, -0.25) is 4.79 Å². The van der Waals surface area contributed by atoms with E-state index in [0.29, 0.717) is 23.0 Å². The molecular formula is C15H16FN3O4S2. The van der Waals surface area contributed by atoms with Crippen LogP contribution in [0.4, 0.5) is 4.39 Å². The van der Waals surface area contributed by atoms with Crippen LogP contribution in [0, 0.1) is 5.82 Å². The molecule has 1 fully saturated rings. The summed E-state index contributed by atoms with van der Waals surface area (Å²) < 4.78 is 42.6. The van der Waals surface area contributed by atoms with Crippen LogP contribution >= 0.6 is 11.8 Å². The summed E-state index contributed by atoms with van der Waals surface area (Å²) in [4.78, 5) is 11.9. The minimum Gasteiger partial charge on any atom is -0.461 e. The predicted octanol–water partition coefficient (Wildman–Crippen LogP) is 1.44. The molecule has 2 heterocycles. The number of hydrogen-bond donors (Lipinski definition) is 0. The molecule has 25 heavy (non-hydrogen) atoms. The molecule has 0 unspecified atom stereocenters. The van der Waals surface area contributed by atoms with Gasteiger partial charge in [0.1, 0.15) is 11.9 Å². The summed E-state index contributed by atoms with van der Waals surface area (Å²) in [6, 6.07) is 5.87. The van der Waals surface area contributed by atoms with Crippen LogP contribution in [0.1, 0.15) is 6.42 Å². The van der Waals surface area contributed by atoms with Crippen molar-refractivity contribution in [1.29, 1.82) is 0 Å². The van der Waals surface area contributed by atoms with Crippen LogP contribution < -0.4 is 0 Å². The maximum atomic E-state index is 13.0. The van der Waals surface area contributed by atoms with Gasteiger partial charge in [-0.25, -0.2) is 12.8 Å². The molecular weight excluding hydrogens is 369 g/mol. The Hall–Kier alpha value is -1.94. The van der Waals surface area contributed by atoms with Gasteiger partial charge < -0.3 is 9.30 Å². The van der Waals surface area contributed by atoms with Crippen LogP contribution in [-0.2, 0) is 26.4 Å². The van der Waals surface area contributed by atoms with Gasteiger partial charge in [0.05, 0.1) is 17.3 Å². The molecule has 1 atom stereocenters. The van der Waals surface area contributed by atoms with Gasteiger partial charge in [0.25, 0.3) is 0 Å². The smallest absolute Gasteiger partial charge is 0.316 e. The third kappa shape index (κ3) is 4.37. The molecule has 134 valence electrons. The average molecular weight is 385 g/mol. The highest BCUT2D eigenvalue weighted by atomic mass is 32.2. The van der Waals surface area contributed by atoms with Crippen molar-refractivity contribution in [1.82, 2.24) is 14.8 Å². The van der Waals surface area contributed by atoms with Gasteiger partial charge in [-0.2, -0.15) is 0 Å². The SMILES string of the molecule is Cn1c(SCC(=O)O[C@@H]2CCS(=O)(=O)C2)nnc1-c1ccc(F)cc1. The Kier molecular flexibility index (Phi) is 5.09. The number of rotatable bonds is 5. The van der Waals surface area contributed by atoms with Crippen molar-refractivity contribution in [2.75, 3.05) is 17.3 Å². The fourth-order valence-corrected chi connectivity index (χ4v) is 4.77. The number of aromatic nitrogens is 3. The predicted molar refractivity (Wildman–Crippen MR) is 90.3 cm³/mol. The number of sulfone groups is 1. The molecule has 0 saturated carbocycles. The van der Waals surface area contributed by atoms with E-state index in [4.69, 9.17) is 4.74 Å². The van der Waals surface area contributed by atoms with E-state index in [0.717, 1.165) is 11.8 Å². The molecule has 2 aromatic rings. The highest BCUT2D eigenvalue weighted by molar-refractivity contribution is 7.99. The van der Waals surface area contributed by atoms with Crippen molar-refractivity contribution in [3.8, 4) is 11.4 Å². The summed E-state index contributed by atoms with van der Waals surface area (Å²) in [6.07, 6.45) is -0.218. The molecule has 1 aliphatic rings. The molecule has 7 nitrogen and oxygen atoms in total. The van der Waals surface area contributed by atoms with Crippen molar-refractivity contribution in [3.05, 3.63) is 30.1 Å². The topological polar surface area (TPSA) is 91.2 Å². The maximum absolute atomic E-state index is 13.0. The van der Waals surface area contributed by atoms with Crippen LogP contribution in [0.25, 0.3) is 11.4 Å². The number of nitrogens with zero attached hydrogens (tertiary/aromatic N) is 3. The lowest BCUT2D eigenvalue weighted by atomic mass is 10.2. The van der Waals surface area contributed by atoms with Gasteiger partial charge in [-0.15, -0.1) is 10.2 Å². The first-order valence-corrected chi connectivity index (χ1v) is 10.3. The fraction of sp³-hybridized carbons (Fsp3) is 0.400. The van der Waals surface area contributed by atoms with E-state index in [1.54, 1.807) is 23.7 Å². The summed E-state index contributed by atoms with van der Waals surface area (Å²) in [6.45, 7) is 0. The number of thioether (sulfide) groups is 1. The van der Waals surface area contributed by atoms with Crippen LogP contribution in [0.2, 0.25) is 0 Å². The lowest BCUT2D eigenvalue weighted by molar-refractivity contribution is -0.144. The largest absolute Gasteiger partial charge is 0.461 e. The zero-order chi connectivity index (χ0) is 18.0. The molecule has 3 rings (SSSR count). The average Bonchev–Trinajstić information content (AvgIpc) is 3.08. The standard InChI is InChI=1S/C15H16FN3O4S2/c1-19-14(10-2-4-11(16)5-3-10)17-18-15(19)24-8-13(20)23-12-6-7-25(21,22)9-12/h2-5,12H,6-9H2,1H3/t12-/m1/s1. The molecule has 0 spiro atoms. The Morgan fingerprint density at radius 3 is 2.72 bits per heavy atom. The van der Waals surface area contributed by atoms with E-state index in [1.807, 2.05) is 0 Å². The first kappa shape index (κ1) is 17.9. The van der Waals surface area contributed by atoms with Crippen LogP contribution in [0.3, 0.4) is 0 Å². The number of benzene rings is 1. The molecule has 0 N–H and O–H groups in total. The monoisotopic (exact) mass is 385 g/mol. The number of esters is 1. The molecule has 0 radical (unpaired) electrons. The molecule has 1 saturated heterocycles. The number of carbonyl (C=O) groups is 1. The van der Waals surface area contributed by atoms with Gasteiger partial charge in [-0.05, 0) is 30.7 Å². The zero-order valence-electron chi connectivity index (χ0n) is 13.4. The molecule has 0 aliphatic carbocycles. The summed E-state index contributed by atoms with van der Waals surface area (Å²) >= 11 is 1.15. The Morgan fingerprint density at radius 1 is 1.36 bits per heavy atom. The summed E-state index contributed by atoms with van der Waals surface area (Å²) in [5.74, 6) is -0.315. The van der Waals surface area contributed by atoms with Crippen molar-refractivity contribution < 1.29 is 22.3 Å². The molecule has 10 heteroatoms. The highest BCUT2D eigenvalue weighted by Gasteiger charge is 2.30. The zero-order valence-corrected chi connectivity index (χ0v) is 15.0. The van der Waals surface area contributed by atoms with Crippen LogP contribution in [0.15, 0.2) is 29.4 Å². The van der Waals surface area contributed by atoms with Crippen molar-refractivity contribution >= 4 is 27.6 Å². The minimum atomic E-state index is -3.08. The lowest BCUT2D eigenvalue weighted by Gasteiger charge is -2.09. The maximum Gasteiger partial charge on any atom is 0.316 e. The van der Waals surface area contributed by atoms with Crippen LogP contribution in [-0.4, -0.2) is 52.5 Å². The van der Waals surface area contributed by atoms with Gasteiger partial charge in [0.15, 0.2) is 20.8 Å². The van der Waals surface area contributed by atoms with E-state index in [1.165, 1.54) is 12.1 Å². The molecule has 1 aromatic carbocycles. The molecule has 1 aliphatic heterocycles. The molecule has 1 aromatic heterocycles. The minimum absolute atomic E-state index is 0.00589. The Balaban J connectivity index is 1.59. The first-order valence-electron chi connectivity index (χ1n) is 7.52. The second kappa shape index (κ2) is 7.12. The van der Waals surface area contributed by atoms with E-state index in [-0.39, 0.29) is 23.1 Å². The first-order chi connectivity index (χ1) is 11.8.